The van der Waals surface area contributed by atoms with Crippen LogP contribution in [0.15, 0.2) is 48.5 Å². The van der Waals surface area contributed by atoms with Crippen LogP contribution in [-0.2, 0) is 9.59 Å². The average Bonchev–Trinajstić information content (AvgIpc) is 3.04. The van der Waals surface area contributed by atoms with Gasteiger partial charge >= 0.3 is 0 Å². The van der Waals surface area contributed by atoms with Crippen LogP contribution in [0.1, 0.15) is 39.1 Å². The Hall–Kier alpha value is -3.88. The summed E-state index contributed by atoms with van der Waals surface area (Å²) in [5.74, 6) is -2.39. The van der Waals surface area contributed by atoms with Crippen molar-refractivity contribution in [3.05, 3.63) is 75.3 Å². The summed E-state index contributed by atoms with van der Waals surface area (Å²) in [6.07, 6.45) is -0.108. The molecule has 9 heteroatoms. The second-order valence-corrected chi connectivity index (χ2v) is 6.56. The fourth-order valence-electron chi connectivity index (χ4n) is 2.91. The fourth-order valence-corrected chi connectivity index (χ4v) is 2.91. The largest absolute Gasteiger partial charge is 0.292 e. The van der Waals surface area contributed by atoms with E-state index in [-0.39, 0.29) is 24.1 Å². The lowest BCUT2D eigenvalue weighted by Gasteiger charge is -2.29. The van der Waals surface area contributed by atoms with Crippen LogP contribution in [0.4, 0.5) is 5.69 Å². The van der Waals surface area contributed by atoms with Crippen molar-refractivity contribution in [2.24, 2.45) is 0 Å². The van der Waals surface area contributed by atoms with Crippen molar-refractivity contribution >= 4 is 29.2 Å². The second-order valence-electron chi connectivity index (χ2n) is 6.56. The monoisotopic (exact) mass is 395 g/mol. The van der Waals surface area contributed by atoms with Gasteiger partial charge in [-0.05, 0) is 19.1 Å². The molecule has 0 unspecified atom stereocenters. The van der Waals surface area contributed by atoms with Crippen LogP contribution < -0.4 is 0 Å². The maximum Gasteiger partial charge on any atom is 0.273 e. The van der Waals surface area contributed by atoms with E-state index in [1.54, 1.807) is 24.3 Å². The van der Waals surface area contributed by atoms with E-state index < -0.39 is 35.0 Å². The van der Waals surface area contributed by atoms with Crippen molar-refractivity contribution in [1.82, 2.24) is 10.0 Å². The molecule has 0 spiro atoms. The maximum atomic E-state index is 13.0. The number of hydrogen-bond acceptors (Lipinski definition) is 6. The summed E-state index contributed by atoms with van der Waals surface area (Å²) in [6, 6.07) is 11.4. The molecule has 3 amide bonds. The van der Waals surface area contributed by atoms with Crippen LogP contribution in [0, 0.1) is 17.0 Å². The molecule has 0 atom stereocenters. The van der Waals surface area contributed by atoms with Crippen LogP contribution in [0.25, 0.3) is 0 Å². The predicted molar refractivity (Wildman–Crippen MR) is 101 cm³/mol. The molecule has 0 bridgehead atoms. The van der Waals surface area contributed by atoms with Gasteiger partial charge in [0.15, 0.2) is 5.78 Å². The molecule has 0 radical (unpaired) electrons. The molecule has 9 nitrogen and oxygen atoms in total. The number of hydrazine groups is 1. The number of hydrogen-bond donors (Lipinski definition) is 0. The number of benzene rings is 2. The average molecular weight is 395 g/mol. The zero-order valence-corrected chi connectivity index (χ0v) is 15.5. The van der Waals surface area contributed by atoms with Gasteiger partial charge in [0.1, 0.15) is 6.54 Å². The molecule has 1 saturated heterocycles. The molecule has 1 aliphatic rings. The van der Waals surface area contributed by atoms with Crippen LogP contribution in [0.5, 0.6) is 0 Å². The summed E-state index contributed by atoms with van der Waals surface area (Å²) in [6.45, 7) is 1.34. The van der Waals surface area contributed by atoms with Crippen molar-refractivity contribution in [1.29, 1.82) is 0 Å². The standard InChI is InChI=1S/C20H17N3O6/c1-13-2-4-14(5-3-13)17(24)12-21(22-18(25)10-11-19(22)26)20(27)15-6-8-16(9-7-15)23(28)29/h2-9H,10-12H2,1H3. The normalized spacial score (nSPS) is 13.5. The Balaban J connectivity index is 1.92. The summed E-state index contributed by atoms with van der Waals surface area (Å²) in [5, 5.41) is 12.3. The molecule has 2 aromatic carbocycles. The van der Waals surface area contributed by atoms with Crippen LogP contribution in [0.2, 0.25) is 0 Å². The number of Topliss-reactive ketones (excluding diaryl/α,β-unsaturated/α-hetero) is 1. The highest BCUT2D eigenvalue weighted by Gasteiger charge is 2.38. The molecule has 0 aromatic heterocycles. The summed E-state index contributed by atoms with van der Waals surface area (Å²) in [7, 11) is 0. The lowest BCUT2D eigenvalue weighted by atomic mass is 10.1. The minimum Gasteiger partial charge on any atom is -0.292 e. The number of non-ortho nitro benzene ring substituents is 1. The van der Waals surface area contributed by atoms with Crippen LogP contribution >= 0.6 is 0 Å². The highest BCUT2D eigenvalue weighted by molar-refractivity contribution is 6.07. The van der Waals surface area contributed by atoms with Crippen LogP contribution in [0.3, 0.4) is 0 Å². The Kier molecular flexibility index (Phi) is 5.49. The van der Waals surface area contributed by atoms with E-state index in [1.165, 1.54) is 12.1 Å². The van der Waals surface area contributed by atoms with E-state index in [0.29, 0.717) is 10.6 Å². The van der Waals surface area contributed by atoms with Crippen molar-refractivity contribution < 1.29 is 24.1 Å². The van der Waals surface area contributed by atoms with Gasteiger partial charge in [-0.25, -0.2) is 5.01 Å². The van der Waals surface area contributed by atoms with E-state index in [2.05, 4.69) is 0 Å². The van der Waals surface area contributed by atoms with E-state index in [0.717, 1.165) is 22.7 Å². The highest BCUT2D eigenvalue weighted by atomic mass is 16.6. The number of rotatable bonds is 6. The van der Waals surface area contributed by atoms with Gasteiger partial charge in [-0.1, -0.05) is 29.8 Å². The number of nitro benzene ring substituents is 1. The Bertz CT molecular complexity index is 982. The summed E-state index contributed by atoms with van der Waals surface area (Å²) in [4.78, 5) is 60.2. The molecular weight excluding hydrogens is 378 g/mol. The van der Waals surface area contributed by atoms with Gasteiger partial charge in [0.2, 0.25) is 11.8 Å². The topological polar surface area (TPSA) is 118 Å². The third-order valence-corrected chi connectivity index (χ3v) is 4.49. The smallest absolute Gasteiger partial charge is 0.273 e. The minimum absolute atomic E-state index is 0.0137. The SMILES string of the molecule is Cc1ccc(C(=O)CN(C(=O)c2ccc([N+](=O)[O-])cc2)N2C(=O)CCC2=O)cc1. The molecule has 1 heterocycles. The van der Waals surface area contributed by atoms with Crippen molar-refractivity contribution in [3.63, 3.8) is 0 Å². The molecule has 1 aliphatic heterocycles. The summed E-state index contributed by atoms with van der Waals surface area (Å²) >= 11 is 0. The van der Waals surface area contributed by atoms with E-state index in [9.17, 15) is 29.3 Å². The third kappa shape index (κ3) is 4.18. The molecule has 29 heavy (non-hydrogen) atoms. The van der Waals surface area contributed by atoms with E-state index >= 15 is 0 Å². The van der Waals surface area contributed by atoms with Gasteiger partial charge < -0.3 is 0 Å². The third-order valence-electron chi connectivity index (χ3n) is 4.49. The number of imide groups is 1. The lowest BCUT2D eigenvalue weighted by Crippen LogP contribution is -2.51. The molecule has 0 saturated carbocycles. The number of aryl methyl sites for hydroxylation is 1. The number of nitro groups is 1. The zero-order valence-electron chi connectivity index (χ0n) is 15.5. The van der Waals surface area contributed by atoms with Gasteiger partial charge in [-0.2, -0.15) is 5.01 Å². The first-order valence-corrected chi connectivity index (χ1v) is 8.80. The number of carbonyl (C=O) groups excluding carboxylic acids is 4. The Morgan fingerprint density at radius 1 is 0.966 bits per heavy atom. The first kappa shape index (κ1) is 19.9. The van der Waals surface area contributed by atoms with Gasteiger partial charge in [0.25, 0.3) is 11.6 Å². The van der Waals surface area contributed by atoms with Crippen molar-refractivity contribution in [2.75, 3.05) is 6.54 Å². The van der Waals surface area contributed by atoms with Gasteiger partial charge in [-0.3, -0.25) is 29.3 Å². The van der Waals surface area contributed by atoms with E-state index in [4.69, 9.17) is 0 Å². The predicted octanol–water partition coefficient (Wildman–Crippen LogP) is 2.29. The molecular formula is C20H17N3O6. The minimum atomic E-state index is -0.774. The number of ketones is 1. The van der Waals surface area contributed by atoms with Gasteiger partial charge in [0, 0.05) is 36.1 Å². The van der Waals surface area contributed by atoms with Crippen molar-refractivity contribution in [3.8, 4) is 0 Å². The Labute approximate surface area is 165 Å². The number of amides is 3. The quantitative estimate of drug-likeness (QED) is 0.320. The summed E-state index contributed by atoms with van der Waals surface area (Å²) < 4.78 is 0. The highest BCUT2D eigenvalue weighted by Crippen LogP contribution is 2.20. The molecule has 0 N–H and O–H groups in total. The van der Waals surface area contributed by atoms with Crippen molar-refractivity contribution in [2.45, 2.75) is 19.8 Å². The number of nitrogens with zero attached hydrogens (tertiary/aromatic N) is 3. The second kappa shape index (κ2) is 8.01. The van der Waals surface area contributed by atoms with Gasteiger partial charge in [0.05, 0.1) is 4.92 Å². The zero-order chi connectivity index (χ0) is 21.1. The Morgan fingerprint density at radius 2 is 1.48 bits per heavy atom. The molecule has 148 valence electrons. The first-order chi connectivity index (χ1) is 13.8. The Morgan fingerprint density at radius 3 is 2.00 bits per heavy atom. The van der Waals surface area contributed by atoms with Crippen LogP contribution in [-0.4, -0.2) is 45.0 Å². The molecule has 0 aliphatic carbocycles. The lowest BCUT2D eigenvalue weighted by molar-refractivity contribution is -0.384. The molecule has 1 fully saturated rings. The fraction of sp³-hybridized carbons (Fsp3) is 0.200. The molecule has 2 aromatic rings. The molecule has 3 rings (SSSR count). The first-order valence-electron chi connectivity index (χ1n) is 8.80. The van der Waals surface area contributed by atoms with E-state index in [1.807, 2.05) is 6.92 Å². The summed E-state index contributed by atoms with van der Waals surface area (Å²) in [5.41, 5.74) is 1.08. The maximum absolute atomic E-state index is 13.0. The van der Waals surface area contributed by atoms with Gasteiger partial charge in [-0.15, -0.1) is 0 Å². The number of carbonyl (C=O) groups is 4.